The lowest BCUT2D eigenvalue weighted by molar-refractivity contribution is -0.144. The molecule has 0 unspecified atom stereocenters. The number of aromatic hydroxyl groups is 1. The van der Waals surface area contributed by atoms with Gasteiger partial charge in [0.25, 0.3) is 0 Å². The first-order valence-corrected chi connectivity index (χ1v) is 7.20. The van der Waals surface area contributed by atoms with Crippen molar-refractivity contribution in [1.29, 1.82) is 0 Å². The number of nitrogens with zero attached hydrogens (tertiary/aromatic N) is 2. The summed E-state index contributed by atoms with van der Waals surface area (Å²) >= 11 is 5.80. The Balaban J connectivity index is 1.97. The summed E-state index contributed by atoms with van der Waals surface area (Å²) in [6.07, 6.45) is 0. The number of nitrogens with one attached hydrogen (secondary N) is 1. The first-order valence-electron chi connectivity index (χ1n) is 6.82. The van der Waals surface area contributed by atoms with Gasteiger partial charge in [-0.2, -0.15) is 0 Å². The van der Waals surface area contributed by atoms with Crippen LogP contribution in [0.4, 0.5) is 5.69 Å². The fourth-order valence-corrected chi connectivity index (χ4v) is 2.37. The van der Waals surface area contributed by atoms with Crippen LogP contribution in [0.5, 0.6) is 5.75 Å². The van der Waals surface area contributed by atoms with Crippen LogP contribution >= 0.6 is 11.6 Å². The molecule has 2 rings (SSSR count). The summed E-state index contributed by atoms with van der Waals surface area (Å²) in [4.78, 5) is 27.8. The minimum atomic E-state index is -0.766. The van der Waals surface area contributed by atoms with Gasteiger partial charge in [-0.3, -0.25) is 9.59 Å². The Morgan fingerprint density at radius 2 is 1.95 bits per heavy atom. The van der Waals surface area contributed by atoms with Gasteiger partial charge in [0, 0.05) is 31.2 Å². The molecule has 0 aromatic heterocycles. The molecule has 114 valence electrons. The predicted octanol–water partition coefficient (Wildman–Crippen LogP) is 1.15. The Morgan fingerprint density at radius 3 is 2.57 bits per heavy atom. The quantitative estimate of drug-likeness (QED) is 0.635. The lowest BCUT2D eigenvalue weighted by Crippen LogP contribution is -2.51. The molecule has 1 aromatic carbocycles. The molecule has 1 aliphatic heterocycles. The Bertz CT molecular complexity index is 542. The number of likely N-dealkylation sites (N-methyl/N-ethyl adjacent to an activating group) is 1. The zero-order chi connectivity index (χ0) is 15.4. The van der Waals surface area contributed by atoms with Crippen LogP contribution in [0.1, 0.15) is 6.92 Å². The predicted molar refractivity (Wildman–Crippen MR) is 80.4 cm³/mol. The highest BCUT2D eigenvalue weighted by Crippen LogP contribution is 2.26. The van der Waals surface area contributed by atoms with Gasteiger partial charge in [0.1, 0.15) is 5.75 Å². The lowest BCUT2D eigenvalue weighted by Gasteiger charge is -2.33. The van der Waals surface area contributed by atoms with E-state index in [0.717, 1.165) is 19.6 Å². The zero-order valence-corrected chi connectivity index (χ0v) is 12.6. The Hall–Kier alpha value is -1.79. The topological polar surface area (TPSA) is 72.9 Å². The van der Waals surface area contributed by atoms with Crippen molar-refractivity contribution in [3.05, 3.63) is 23.2 Å². The highest BCUT2D eigenvalue weighted by Gasteiger charge is 2.26. The molecular formula is C14H18ClN3O3. The molecule has 21 heavy (non-hydrogen) atoms. The molecule has 0 radical (unpaired) electrons. The van der Waals surface area contributed by atoms with E-state index < -0.39 is 11.8 Å². The largest absolute Gasteiger partial charge is 0.506 e. The first kappa shape index (κ1) is 15.6. The maximum absolute atomic E-state index is 12.1. The second-order valence-electron chi connectivity index (χ2n) is 4.84. The summed E-state index contributed by atoms with van der Waals surface area (Å²) < 4.78 is 0. The number of phenolic OH excluding ortho intramolecular Hbond substituents is 1. The fraction of sp³-hybridized carbons (Fsp3) is 0.429. The molecule has 1 aromatic rings. The van der Waals surface area contributed by atoms with Crippen LogP contribution in [0.15, 0.2) is 18.2 Å². The minimum absolute atomic E-state index is 0.128. The second kappa shape index (κ2) is 6.78. The van der Waals surface area contributed by atoms with Crippen molar-refractivity contribution in [3.8, 4) is 5.75 Å². The standard InChI is InChI=1S/C14H18ClN3O3/c1-2-17-5-7-18(8-6-17)14(21)13(20)16-11-9-10(15)3-4-12(11)19/h3-4,9,19H,2,5-8H2,1H3,(H,16,20). The highest BCUT2D eigenvalue weighted by atomic mass is 35.5. The third-order valence-electron chi connectivity index (χ3n) is 3.51. The summed E-state index contributed by atoms with van der Waals surface area (Å²) in [5, 5.41) is 12.4. The minimum Gasteiger partial charge on any atom is -0.506 e. The number of rotatable bonds is 2. The van der Waals surface area contributed by atoms with E-state index >= 15 is 0 Å². The van der Waals surface area contributed by atoms with Crippen LogP contribution < -0.4 is 5.32 Å². The third kappa shape index (κ3) is 3.86. The molecule has 6 nitrogen and oxygen atoms in total. The summed E-state index contributed by atoms with van der Waals surface area (Å²) in [7, 11) is 0. The summed E-state index contributed by atoms with van der Waals surface area (Å²) in [6, 6.07) is 4.26. The molecule has 1 heterocycles. The number of benzene rings is 1. The van der Waals surface area contributed by atoms with Crippen molar-refractivity contribution in [2.45, 2.75) is 6.92 Å². The number of piperazine rings is 1. The van der Waals surface area contributed by atoms with Gasteiger partial charge in [0.05, 0.1) is 5.69 Å². The Morgan fingerprint density at radius 1 is 1.29 bits per heavy atom. The Kier molecular flexibility index (Phi) is 5.03. The molecule has 1 saturated heterocycles. The normalized spacial score (nSPS) is 15.8. The molecule has 2 amide bonds. The highest BCUT2D eigenvalue weighted by molar-refractivity contribution is 6.40. The van der Waals surface area contributed by atoms with Gasteiger partial charge in [0.2, 0.25) is 0 Å². The van der Waals surface area contributed by atoms with E-state index in [1.165, 1.54) is 23.1 Å². The van der Waals surface area contributed by atoms with Crippen LogP contribution in [0, 0.1) is 0 Å². The number of hydrogen-bond donors (Lipinski definition) is 2. The average molecular weight is 312 g/mol. The van der Waals surface area contributed by atoms with Crippen LogP contribution in [-0.2, 0) is 9.59 Å². The van der Waals surface area contributed by atoms with E-state index in [2.05, 4.69) is 17.1 Å². The van der Waals surface area contributed by atoms with Crippen LogP contribution in [0.25, 0.3) is 0 Å². The van der Waals surface area contributed by atoms with Crippen molar-refractivity contribution < 1.29 is 14.7 Å². The monoisotopic (exact) mass is 311 g/mol. The van der Waals surface area contributed by atoms with Crippen molar-refractivity contribution in [3.63, 3.8) is 0 Å². The molecule has 0 spiro atoms. The third-order valence-corrected chi connectivity index (χ3v) is 3.74. The first-order chi connectivity index (χ1) is 10.0. The molecule has 2 N–H and O–H groups in total. The van der Waals surface area contributed by atoms with Crippen molar-refractivity contribution in [1.82, 2.24) is 9.80 Å². The van der Waals surface area contributed by atoms with Crippen molar-refractivity contribution >= 4 is 29.1 Å². The van der Waals surface area contributed by atoms with Gasteiger partial charge < -0.3 is 20.2 Å². The van der Waals surface area contributed by atoms with E-state index in [9.17, 15) is 14.7 Å². The lowest BCUT2D eigenvalue weighted by atomic mass is 10.2. The number of carbonyl (C=O) groups is 2. The maximum Gasteiger partial charge on any atom is 0.314 e. The van der Waals surface area contributed by atoms with E-state index in [4.69, 9.17) is 11.6 Å². The molecule has 0 saturated carbocycles. The number of halogens is 1. The smallest absolute Gasteiger partial charge is 0.314 e. The van der Waals surface area contributed by atoms with Crippen molar-refractivity contribution in [2.75, 3.05) is 38.0 Å². The summed E-state index contributed by atoms with van der Waals surface area (Å²) in [5.74, 6) is -1.49. The van der Waals surface area contributed by atoms with Gasteiger partial charge in [0.15, 0.2) is 0 Å². The molecule has 1 aliphatic rings. The van der Waals surface area contributed by atoms with E-state index in [-0.39, 0.29) is 11.4 Å². The zero-order valence-electron chi connectivity index (χ0n) is 11.8. The van der Waals surface area contributed by atoms with Crippen molar-refractivity contribution in [2.24, 2.45) is 0 Å². The summed E-state index contributed by atoms with van der Waals surface area (Å²) in [5.41, 5.74) is 0.132. The molecule has 0 aliphatic carbocycles. The average Bonchev–Trinajstić information content (AvgIpc) is 2.50. The van der Waals surface area contributed by atoms with Gasteiger partial charge >= 0.3 is 11.8 Å². The molecule has 7 heteroatoms. The number of anilines is 1. The molecule has 1 fully saturated rings. The second-order valence-corrected chi connectivity index (χ2v) is 5.28. The number of phenols is 1. The van der Waals surface area contributed by atoms with Crippen LogP contribution in [0.2, 0.25) is 5.02 Å². The van der Waals surface area contributed by atoms with Gasteiger partial charge in [-0.15, -0.1) is 0 Å². The van der Waals surface area contributed by atoms with Crippen LogP contribution in [0.3, 0.4) is 0 Å². The Labute approximate surface area is 128 Å². The SMILES string of the molecule is CCN1CCN(C(=O)C(=O)Nc2cc(Cl)ccc2O)CC1. The summed E-state index contributed by atoms with van der Waals surface area (Å²) in [6.45, 7) is 5.58. The van der Waals surface area contributed by atoms with E-state index in [1.807, 2.05) is 0 Å². The number of amides is 2. The molecule has 0 bridgehead atoms. The van der Waals surface area contributed by atoms with E-state index in [1.54, 1.807) is 0 Å². The number of hydrogen-bond acceptors (Lipinski definition) is 4. The van der Waals surface area contributed by atoms with Gasteiger partial charge in [-0.05, 0) is 24.7 Å². The van der Waals surface area contributed by atoms with E-state index in [0.29, 0.717) is 18.1 Å². The maximum atomic E-state index is 12.1. The van der Waals surface area contributed by atoms with Gasteiger partial charge in [-0.25, -0.2) is 0 Å². The number of carbonyl (C=O) groups excluding carboxylic acids is 2. The fourth-order valence-electron chi connectivity index (χ4n) is 2.19. The van der Waals surface area contributed by atoms with Crippen LogP contribution in [-0.4, -0.2) is 59.4 Å². The molecule has 0 atom stereocenters. The van der Waals surface area contributed by atoms with Gasteiger partial charge in [-0.1, -0.05) is 18.5 Å². The molecular weight excluding hydrogens is 294 g/mol.